The summed E-state index contributed by atoms with van der Waals surface area (Å²) in [6, 6.07) is 0. The summed E-state index contributed by atoms with van der Waals surface area (Å²) >= 11 is 0. The average Bonchev–Trinajstić information content (AvgIpc) is 1.94. The van der Waals surface area contributed by atoms with E-state index in [-0.39, 0.29) is 20.3 Å². The van der Waals surface area contributed by atoms with Gasteiger partial charge in [0.2, 0.25) is 0 Å². The number of carbonyl (C=O) groups is 5. The average molecular weight is 318 g/mol. The van der Waals surface area contributed by atoms with Crippen LogP contribution in [-0.2, 0) is 0 Å². The van der Waals surface area contributed by atoms with Crippen molar-refractivity contribution in [1.29, 1.82) is 0 Å². The normalized spacial score (nSPS) is 5.71. The van der Waals surface area contributed by atoms with Crippen molar-refractivity contribution in [2.75, 3.05) is 0 Å². The molecule has 0 aromatic heterocycles. The second-order valence-electron chi connectivity index (χ2n) is 1.41. The summed E-state index contributed by atoms with van der Waals surface area (Å²) in [4.78, 5) is 42.8. The predicted molar refractivity (Wildman–Crippen MR) is 54.4 cm³/mol. The van der Waals surface area contributed by atoms with E-state index in [1.165, 1.54) is 0 Å². The molecule has 0 amide bonds. The third-order valence-electron chi connectivity index (χ3n) is 0. The van der Waals surface area contributed by atoms with Crippen LogP contribution in [0.2, 0.25) is 0 Å². The first-order valence-electron chi connectivity index (χ1n) is 3.26. The molecule has 15 nitrogen and oxygen atoms in total. The van der Waals surface area contributed by atoms with Crippen LogP contribution in [0.1, 0.15) is 1.43 Å². The molecule has 0 unspecified atom stereocenters. The molecule has 0 aliphatic heterocycles. The summed E-state index contributed by atoms with van der Waals surface area (Å²) in [7, 11) is 0. The molecule has 0 atom stereocenters. The minimum absolute atomic E-state index is 0. The molecule has 0 aromatic rings. The van der Waals surface area contributed by atoms with Crippen molar-refractivity contribution in [1.82, 2.24) is 0 Å². The summed E-state index contributed by atoms with van der Waals surface area (Å²) in [5, 5.41) is 69.7. The minimum atomic E-state index is -1.83. The maximum absolute atomic E-state index is 8.56. The molecule has 21 heavy (non-hydrogen) atoms. The van der Waals surface area contributed by atoms with E-state index >= 15 is 0 Å². The Morgan fingerprint density at radius 1 is 0.381 bits per heavy atom. The first kappa shape index (κ1) is 36.1. The van der Waals surface area contributed by atoms with Gasteiger partial charge in [0.05, 0.1) is 0 Å². The van der Waals surface area contributed by atoms with Crippen LogP contribution >= 0.6 is 0 Å². The Bertz CT molecular complexity index is 213. The van der Waals surface area contributed by atoms with E-state index in [2.05, 4.69) is 0 Å². The Labute approximate surface area is 127 Å². The maximum Gasteiger partial charge on any atom is 1.00 e. The number of carboxylic acid groups (broad SMARTS) is 10. The van der Waals surface area contributed by atoms with E-state index in [0.29, 0.717) is 0 Å². The first-order chi connectivity index (χ1) is 8.66. The molecule has 16 heteroatoms. The zero-order valence-electron chi connectivity index (χ0n) is 11.0. The molecule has 0 fully saturated rings. The van der Waals surface area contributed by atoms with Gasteiger partial charge in [-0.05, 0) is 0 Å². The summed E-state index contributed by atoms with van der Waals surface area (Å²) in [6.07, 6.45) is -9.17. The zero-order valence-corrected chi connectivity index (χ0v) is 10.0. The molecule has 0 spiro atoms. The Hall–Kier alpha value is -3.05. The maximum atomic E-state index is 8.56. The number of hydrogen-bond acceptors (Lipinski definition) is 5. The second-order valence-corrected chi connectivity index (χ2v) is 1.41. The number of hydrogen-bond donors (Lipinski definition) is 10. The van der Waals surface area contributed by atoms with Crippen LogP contribution in [0.3, 0.4) is 0 Å². The van der Waals surface area contributed by atoms with Crippen molar-refractivity contribution in [3.63, 3.8) is 0 Å². The Morgan fingerprint density at radius 3 is 0.381 bits per heavy atom. The summed E-state index contributed by atoms with van der Waals surface area (Å²) < 4.78 is 0. The van der Waals surface area contributed by atoms with E-state index in [1.54, 1.807) is 0 Å². The monoisotopic (exact) mass is 318 g/mol. The smallest absolute Gasteiger partial charge is 1.00 e. The molecule has 0 rings (SSSR count). The molecule has 0 heterocycles. The minimum Gasteiger partial charge on any atom is -1.00 e. The van der Waals surface area contributed by atoms with Gasteiger partial charge in [-0.15, -0.1) is 0 Å². The largest absolute Gasteiger partial charge is 1.00 e. The van der Waals surface area contributed by atoms with Crippen LogP contribution in [0, 0.1) is 0 Å². The van der Waals surface area contributed by atoms with Crippen LogP contribution in [0.4, 0.5) is 24.0 Å². The van der Waals surface area contributed by atoms with Gasteiger partial charge >= 0.3 is 49.6 Å². The molecule has 0 aliphatic carbocycles. The van der Waals surface area contributed by atoms with Crippen molar-refractivity contribution in [2.24, 2.45) is 0 Å². The summed E-state index contributed by atoms with van der Waals surface area (Å²) in [6.45, 7) is 0. The van der Waals surface area contributed by atoms with Gasteiger partial charge in [0.25, 0.3) is 0 Å². The fraction of sp³-hybridized carbons (Fsp3) is 0. The predicted octanol–water partition coefficient (Wildman–Crippen LogP) is -1.77. The van der Waals surface area contributed by atoms with E-state index < -0.39 is 30.8 Å². The molecule has 10 N–H and O–H groups in total. The quantitative estimate of drug-likeness (QED) is 0.221. The molecule has 0 aromatic carbocycles. The first-order valence-corrected chi connectivity index (χ1v) is 3.26. The van der Waals surface area contributed by atoms with E-state index in [0.717, 1.165) is 0 Å². The van der Waals surface area contributed by atoms with Crippen LogP contribution in [0.25, 0.3) is 0 Å². The van der Waals surface area contributed by atoms with Gasteiger partial charge in [-0.2, -0.15) is 0 Å². The third kappa shape index (κ3) is 406. The molecule has 0 aliphatic rings. The fourth-order valence-electron chi connectivity index (χ4n) is 0. The second kappa shape index (κ2) is 30.2. The van der Waals surface area contributed by atoms with Gasteiger partial charge in [0.1, 0.15) is 0 Å². The van der Waals surface area contributed by atoms with Crippen LogP contribution in [0.15, 0.2) is 0 Å². The van der Waals surface area contributed by atoms with Crippen molar-refractivity contribution >= 4 is 30.8 Å². The van der Waals surface area contributed by atoms with Crippen molar-refractivity contribution < 1.29 is 95.3 Å². The standard InChI is InChI=1S/5CH2O3.Li.H/c5*2-1(3)4;;/h5*(H2,2,3,4);;/q;;;;;+1;-1. The molecule has 122 valence electrons. The Morgan fingerprint density at radius 2 is 0.381 bits per heavy atom. The molecular weight excluding hydrogens is 307 g/mol. The molecular formula is C5H11LiO15. The Kier molecular flexibility index (Phi) is 51.9. The molecule has 0 bridgehead atoms. The van der Waals surface area contributed by atoms with Crippen LogP contribution in [0.5, 0.6) is 0 Å². The van der Waals surface area contributed by atoms with Gasteiger partial charge in [-0.3, -0.25) is 0 Å². The van der Waals surface area contributed by atoms with Gasteiger partial charge < -0.3 is 52.5 Å². The summed E-state index contributed by atoms with van der Waals surface area (Å²) in [5.41, 5.74) is 0. The zero-order chi connectivity index (χ0) is 17.9. The third-order valence-corrected chi connectivity index (χ3v) is 0. The van der Waals surface area contributed by atoms with E-state index in [4.69, 9.17) is 75.0 Å². The van der Waals surface area contributed by atoms with Crippen LogP contribution < -0.4 is 18.9 Å². The van der Waals surface area contributed by atoms with Crippen LogP contribution in [-0.4, -0.2) is 81.8 Å². The number of rotatable bonds is 0. The SMILES string of the molecule is O=C(O)O.O=C(O)O.O=C(O)O.O=C(O)O.O=C(O)O.[H-].[Li+]. The topological polar surface area (TPSA) is 288 Å². The van der Waals surface area contributed by atoms with Gasteiger partial charge in [-0.1, -0.05) is 0 Å². The van der Waals surface area contributed by atoms with Gasteiger partial charge in [-0.25, -0.2) is 24.0 Å². The molecule has 0 radical (unpaired) electrons. The molecule has 0 saturated carbocycles. The van der Waals surface area contributed by atoms with E-state index in [9.17, 15) is 0 Å². The van der Waals surface area contributed by atoms with Gasteiger partial charge in [0.15, 0.2) is 0 Å². The van der Waals surface area contributed by atoms with E-state index in [1.807, 2.05) is 0 Å². The van der Waals surface area contributed by atoms with Crippen molar-refractivity contribution in [2.45, 2.75) is 0 Å². The van der Waals surface area contributed by atoms with Crippen molar-refractivity contribution in [3.05, 3.63) is 0 Å². The fourth-order valence-corrected chi connectivity index (χ4v) is 0. The Balaban J connectivity index is -0.0000000250. The van der Waals surface area contributed by atoms with Crippen molar-refractivity contribution in [3.8, 4) is 0 Å². The van der Waals surface area contributed by atoms with Gasteiger partial charge in [0, 0.05) is 0 Å². The summed E-state index contributed by atoms with van der Waals surface area (Å²) in [5.74, 6) is 0. The molecule has 0 saturated heterocycles.